The number of carboxylic acid groups (broad SMARTS) is 1. The number of aliphatic hydroxyl groups is 1. The summed E-state index contributed by atoms with van der Waals surface area (Å²) in [6.07, 6.45) is 5.24. The molecule has 0 aromatic heterocycles. The fourth-order valence-corrected chi connectivity index (χ4v) is 4.01. The van der Waals surface area contributed by atoms with E-state index in [-0.39, 0.29) is 6.42 Å². The van der Waals surface area contributed by atoms with E-state index in [9.17, 15) is 29.4 Å². The third kappa shape index (κ3) is 12.2. The molecule has 0 fully saturated rings. The number of aliphatic hydroxyl groups excluding tert-OH is 1. The highest BCUT2D eigenvalue weighted by atomic mass is 32.2. The van der Waals surface area contributed by atoms with E-state index in [1.165, 1.54) is 30.4 Å². The topological polar surface area (TPSA) is 171 Å². The van der Waals surface area contributed by atoms with Crippen molar-refractivity contribution in [1.29, 1.82) is 0 Å². The third-order valence-electron chi connectivity index (χ3n) is 4.50. The molecule has 0 heterocycles. The minimum atomic E-state index is -1.38. The molecule has 5 unspecified atom stereocenters. The number of amides is 3. The molecule has 13 heteroatoms. The van der Waals surface area contributed by atoms with Crippen LogP contribution in [0.3, 0.4) is 0 Å². The zero-order valence-electron chi connectivity index (χ0n) is 19.0. The quantitative estimate of drug-likeness (QED) is 0.149. The van der Waals surface area contributed by atoms with Gasteiger partial charge >= 0.3 is 5.97 Å². The van der Waals surface area contributed by atoms with Crippen molar-refractivity contribution in [3.63, 3.8) is 0 Å². The van der Waals surface area contributed by atoms with E-state index >= 15 is 0 Å². The second-order valence-electron chi connectivity index (χ2n) is 7.14. The molecule has 0 aromatic carbocycles. The molecule has 0 saturated heterocycles. The normalized spacial score (nSPS) is 15.7. The Morgan fingerprint density at radius 1 is 0.781 bits per heavy atom. The zero-order valence-corrected chi connectivity index (χ0v) is 21.4. The van der Waals surface area contributed by atoms with Crippen molar-refractivity contribution in [1.82, 2.24) is 16.0 Å². The number of nitrogens with one attached hydrogen (secondary N) is 3. The highest BCUT2D eigenvalue weighted by molar-refractivity contribution is 7.98. The van der Waals surface area contributed by atoms with Crippen LogP contribution in [0.25, 0.3) is 0 Å². The van der Waals surface area contributed by atoms with E-state index in [0.29, 0.717) is 30.1 Å². The van der Waals surface area contributed by atoms with Gasteiger partial charge in [0.1, 0.15) is 18.1 Å². The summed E-state index contributed by atoms with van der Waals surface area (Å²) < 4.78 is 0. The molecule has 0 aliphatic heterocycles. The lowest BCUT2D eigenvalue weighted by Gasteiger charge is -2.26. The first-order chi connectivity index (χ1) is 15.1. The van der Waals surface area contributed by atoms with E-state index in [4.69, 9.17) is 5.73 Å². The summed E-state index contributed by atoms with van der Waals surface area (Å²) >= 11 is 4.48. The second-order valence-corrected chi connectivity index (χ2v) is 10.1. The van der Waals surface area contributed by atoms with E-state index in [2.05, 4.69) is 16.0 Å². The average molecular weight is 513 g/mol. The van der Waals surface area contributed by atoms with Crippen LogP contribution < -0.4 is 21.7 Å². The molecule has 186 valence electrons. The summed E-state index contributed by atoms with van der Waals surface area (Å²) in [4.78, 5) is 49.2. The largest absolute Gasteiger partial charge is 0.480 e. The van der Waals surface area contributed by atoms with Crippen LogP contribution in [0.15, 0.2) is 0 Å². The molecular formula is C19H36N4O6S3. The summed E-state index contributed by atoms with van der Waals surface area (Å²) in [5.74, 6) is -1.35. The molecule has 0 aliphatic rings. The molecule has 0 bridgehead atoms. The van der Waals surface area contributed by atoms with Crippen molar-refractivity contribution in [3.05, 3.63) is 0 Å². The van der Waals surface area contributed by atoms with Gasteiger partial charge in [0.05, 0.1) is 12.1 Å². The number of carbonyl (C=O) groups excluding carboxylic acids is 3. The first-order valence-electron chi connectivity index (χ1n) is 10.1. The first-order valence-corrected chi connectivity index (χ1v) is 14.3. The van der Waals surface area contributed by atoms with Gasteiger partial charge in [0, 0.05) is 0 Å². The van der Waals surface area contributed by atoms with Crippen molar-refractivity contribution >= 4 is 59.0 Å². The van der Waals surface area contributed by atoms with Gasteiger partial charge in [0.15, 0.2) is 0 Å². The maximum absolute atomic E-state index is 12.8. The molecule has 7 N–H and O–H groups in total. The first kappa shape index (κ1) is 30.9. The number of carbonyl (C=O) groups is 4. The third-order valence-corrected chi connectivity index (χ3v) is 6.43. The summed E-state index contributed by atoms with van der Waals surface area (Å²) in [6.45, 7) is 1.32. The van der Waals surface area contributed by atoms with Gasteiger partial charge in [-0.1, -0.05) is 0 Å². The number of hydrogen-bond acceptors (Lipinski definition) is 9. The minimum absolute atomic E-state index is 0.197. The van der Waals surface area contributed by atoms with Crippen LogP contribution in [-0.4, -0.2) is 100 Å². The maximum Gasteiger partial charge on any atom is 0.326 e. The molecule has 5 atom stereocenters. The lowest BCUT2D eigenvalue weighted by molar-refractivity contribution is -0.143. The lowest BCUT2D eigenvalue weighted by Crippen LogP contribution is -2.60. The van der Waals surface area contributed by atoms with Gasteiger partial charge in [0.2, 0.25) is 17.7 Å². The second kappa shape index (κ2) is 17.3. The fraction of sp³-hybridized carbons (Fsp3) is 0.789. The SMILES string of the molecule is CSCCC(N)C(=O)NC(CCSC)C(=O)NC(C(=O)NC(CCSC)C(=O)O)C(C)O. The predicted molar refractivity (Wildman–Crippen MR) is 132 cm³/mol. The van der Waals surface area contributed by atoms with Crippen molar-refractivity contribution in [2.75, 3.05) is 36.0 Å². The standard InChI is InChI=1S/C19H36N4O6S3/c1-11(24)15(18(27)22-14(19(28)29)7-10-32-4)23-17(26)13(6-9-31-3)21-16(25)12(20)5-8-30-2/h11-15,24H,5-10,20H2,1-4H3,(H,21,25)(H,22,27)(H,23,26)(H,28,29). The van der Waals surface area contributed by atoms with Crippen LogP contribution in [0.5, 0.6) is 0 Å². The predicted octanol–water partition coefficient (Wildman–Crippen LogP) is -0.507. The number of nitrogens with two attached hydrogens (primary N) is 1. The Morgan fingerprint density at radius 3 is 1.72 bits per heavy atom. The number of hydrogen-bond donors (Lipinski definition) is 6. The lowest BCUT2D eigenvalue weighted by atomic mass is 10.1. The van der Waals surface area contributed by atoms with Crippen LogP contribution in [0.4, 0.5) is 0 Å². The Kier molecular flexibility index (Phi) is 16.7. The zero-order chi connectivity index (χ0) is 24.7. The van der Waals surface area contributed by atoms with Crippen LogP contribution >= 0.6 is 35.3 Å². The molecule has 0 saturated carbocycles. The Bertz CT molecular complexity index is 612. The molecule has 0 rings (SSSR count). The molecule has 0 spiro atoms. The number of rotatable bonds is 17. The Labute approximate surface area is 202 Å². The number of carboxylic acids is 1. The van der Waals surface area contributed by atoms with Gasteiger partial charge in [-0.2, -0.15) is 35.3 Å². The summed E-state index contributed by atoms with van der Waals surface area (Å²) in [7, 11) is 0. The summed E-state index contributed by atoms with van der Waals surface area (Å²) in [6, 6.07) is -4.24. The Hall–Kier alpha value is -1.15. The molecule has 32 heavy (non-hydrogen) atoms. The summed E-state index contributed by atoms with van der Waals surface area (Å²) in [5, 5.41) is 26.8. The molecule has 10 nitrogen and oxygen atoms in total. The molecule has 3 amide bonds. The van der Waals surface area contributed by atoms with E-state index in [0.717, 1.165) is 0 Å². The van der Waals surface area contributed by atoms with Gasteiger partial charge in [-0.15, -0.1) is 0 Å². The van der Waals surface area contributed by atoms with Gasteiger partial charge in [-0.25, -0.2) is 4.79 Å². The fourth-order valence-electron chi connectivity index (χ4n) is 2.57. The van der Waals surface area contributed by atoms with Crippen molar-refractivity contribution in [2.45, 2.75) is 56.5 Å². The van der Waals surface area contributed by atoms with E-state index < -0.39 is 54.0 Å². The van der Waals surface area contributed by atoms with Crippen molar-refractivity contribution in [2.24, 2.45) is 5.73 Å². The number of thioether (sulfide) groups is 3. The van der Waals surface area contributed by atoms with Crippen LogP contribution in [-0.2, 0) is 19.2 Å². The molecular weight excluding hydrogens is 476 g/mol. The van der Waals surface area contributed by atoms with Crippen molar-refractivity contribution in [3.8, 4) is 0 Å². The van der Waals surface area contributed by atoms with Crippen LogP contribution in [0.2, 0.25) is 0 Å². The van der Waals surface area contributed by atoms with Gasteiger partial charge in [-0.3, -0.25) is 14.4 Å². The van der Waals surface area contributed by atoms with Crippen LogP contribution in [0.1, 0.15) is 26.2 Å². The maximum atomic E-state index is 12.8. The van der Waals surface area contributed by atoms with Crippen LogP contribution in [0, 0.1) is 0 Å². The number of aliphatic carboxylic acids is 1. The molecule has 0 aromatic rings. The van der Waals surface area contributed by atoms with Crippen molar-refractivity contribution < 1.29 is 29.4 Å². The monoisotopic (exact) mass is 512 g/mol. The Morgan fingerprint density at radius 2 is 1.25 bits per heavy atom. The molecule has 0 radical (unpaired) electrons. The van der Waals surface area contributed by atoms with Gasteiger partial charge in [0.25, 0.3) is 0 Å². The average Bonchev–Trinajstić information content (AvgIpc) is 2.74. The van der Waals surface area contributed by atoms with E-state index in [1.807, 2.05) is 18.8 Å². The van der Waals surface area contributed by atoms with E-state index in [1.54, 1.807) is 11.8 Å². The highest BCUT2D eigenvalue weighted by Crippen LogP contribution is 2.06. The van der Waals surface area contributed by atoms with Gasteiger partial charge < -0.3 is 31.9 Å². The highest BCUT2D eigenvalue weighted by Gasteiger charge is 2.32. The summed E-state index contributed by atoms with van der Waals surface area (Å²) in [5.41, 5.74) is 5.88. The Balaban J connectivity index is 5.28. The minimum Gasteiger partial charge on any atom is -0.480 e. The molecule has 0 aliphatic carbocycles. The smallest absolute Gasteiger partial charge is 0.326 e. The van der Waals surface area contributed by atoms with Gasteiger partial charge in [-0.05, 0) is 62.2 Å².